The molecule has 0 spiro atoms. The first-order valence-electron chi connectivity index (χ1n) is 4.25. The van der Waals surface area contributed by atoms with Crippen LogP contribution in [0.15, 0.2) is 29.9 Å². The number of thioether (sulfide) groups is 1. The van der Waals surface area contributed by atoms with Crippen molar-refractivity contribution in [3.8, 4) is 0 Å². The molecule has 0 aliphatic heterocycles. The number of anilines is 1. The highest BCUT2D eigenvalue weighted by Crippen LogP contribution is 2.11. The fourth-order valence-electron chi connectivity index (χ4n) is 1.07. The summed E-state index contributed by atoms with van der Waals surface area (Å²) < 4.78 is 1.82. The summed E-state index contributed by atoms with van der Waals surface area (Å²) in [5.74, 6) is 0.925. The Morgan fingerprint density at radius 1 is 1.57 bits per heavy atom. The average Bonchev–Trinajstić information content (AvgIpc) is 2.77. The van der Waals surface area contributed by atoms with Crippen molar-refractivity contribution in [2.75, 3.05) is 11.5 Å². The number of hydrogen-bond acceptors (Lipinski definition) is 4. The molecule has 0 fully saturated rings. The molecule has 6 heteroatoms. The molecule has 0 saturated carbocycles. The van der Waals surface area contributed by atoms with Gasteiger partial charge in [0.25, 0.3) is 0 Å². The first-order valence-corrected chi connectivity index (χ1v) is 5.23. The molecule has 14 heavy (non-hydrogen) atoms. The van der Waals surface area contributed by atoms with Crippen molar-refractivity contribution in [1.82, 2.24) is 19.7 Å². The molecule has 2 heterocycles. The third kappa shape index (κ3) is 2.29. The van der Waals surface area contributed by atoms with Crippen molar-refractivity contribution in [2.45, 2.75) is 11.7 Å². The monoisotopic (exact) mass is 209 g/mol. The van der Waals surface area contributed by atoms with Gasteiger partial charge in [0, 0.05) is 24.3 Å². The average molecular weight is 209 g/mol. The molecule has 2 aromatic heterocycles. The first kappa shape index (κ1) is 9.14. The normalized spacial score (nSPS) is 10.6. The summed E-state index contributed by atoms with van der Waals surface area (Å²) in [5.41, 5.74) is 6.24. The van der Waals surface area contributed by atoms with Gasteiger partial charge in [-0.25, -0.2) is 4.98 Å². The van der Waals surface area contributed by atoms with Gasteiger partial charge < -0.3 is 10.7 Å². The number of H-pyrrole nitrogens is 1. The predicted molar refractivity (Wildman–Crippen MR) is 56.0 cm³/mol. The van der Waals surface area contributed by atoms with E-state index < -0.39 is 0 Å². The number of imidazole rings is 1. The zero-order chi connectivity index (χ0) is 9.80. The van der Waals surface area contributed by atoms with Crippen molar-refractivity contribution >= 4 is 17.4 Å². The Morgan fingerprint density at radius 3 is 3.14 bits per heavy atom. The van der Waals surface area contributed by atoms with Crippen LogP contribution in [0, 0.1) is 0 Å². The number of nitrogens with one attached hydrogen (secondary N) is 1. The van der Waals surface area contributed by atoms with Gasteiger partial charge in [-0.05, 0) is 0 Å². The van der Waals surface area contributed by atoms with Gasteiger partial charge in [0.05, 0.1) is 18.4 Å². The zero-order valence-electron chi connectivity index (χ0n) is 7.55. The highest BCUT2D eigenvalue weighted by molar-refractivity contribution is 7.99. The van der Waals surface area contributed by atoms with Gasteiger partial charge in [-0.3, -0.25) is 4.68 Å². The largest absolute Gasteiger partial charge is 0.396 e. The van der Waals surface area contributed by atoms with Gasteiger partial charge in [-0.15, -0.1) is 0 Å². The van der Waals surface area contributed by atoms with Crippen LogP contribution in [0.25, 0.3) is 0 Å². The van der Waals surface area contributed by atoms with Gasteiger partial charge in [0.15, 0.2) is 5.16 Å². The van der Waals surface area contributed by atoms with Crippen LogP contribution < -0.4 is 5.73 Å². The minimum Gasteiger partial charge on any atom is -0.396 e. The molecule has 0 saturated heterocycles. The Labute approximate surface area is 85.7 Å². The Kier molecular flexibility index (Phi) is 2.73. The van der Waals surface area contributed by atoms with Crippen molar-refractivity contribution in [3.05, 3.63) is 24.8 Å². The molecule has 0 radical (unpaired) electrons. The maximum atomic E-state index is 5.54. The number of nitrogen functional groups attached to an aromatic ring is 1. The number of nitrogens with zero attached hydrogens (tertiary/aromatic N) is 3. The van der Waals surface area contributed by atoms with Crippen molar-refractivity contribution < 1.29 is 0 Å². The highest BCUT2D eigenvalue weighted by atomic mass is 32.2. The number of rotatable bonds is 4. The lowest BCUT2D eigenvalue weighted by Crippen LogP contribution is -2.00. The maximum absolute atomic E-state index is 5.54. The van der Waals surface area contributed by atoms with E-state index in [4.69, 9.17) is 5.73 Å². The van der Waals surface area contributed by atoms with E-state index in [-0.39, 0.29) is 0 Å². The molecule has 0 unspecified atom stereocenters. The van der Waals surface area contributed by atoms with E-state index in [1.165, 1.54) is 0 Å². The Morgan fingerprint density at radius 2 is 2.50 bits per heavy atom. The fraction of sp³-hybridized carbons (Fsp3) is 0.250. The first-order chi connectivity index (χ1) is 6.84. The molecule has 0 atom stereocenters. The summed E-state index contributed by atoms with van der Waals surface area (Å²) in [6, 6.07) is 0. The van der Waals surface area contributed by atoms with Crippen LogP contribution in [0.4, 0.5) is 5.69 Å². The second-order valence-corrected chi connectivity index (χ2v) is 3.86. The molecule has 3 N–H and O–H groups in total. The fourth-order valence-corrected chi connectivity index (χ4v) is 1.83. The van der Waals surface area contributed by atoms with Crippen molar-refractivity contribution in [2.24, 2.45) is 0 Å². The van der Waals surface area contributed by atoms with Gasteiger partial charge in [-0.2, -0.15) is 5.10 Å². The Balaban J connectivity index is 1.78. The quantitative estimate of drug-likeness (QED) is 0.736. The summed E-state index contributed by atoms with van der Waals surface area (Å²) in [6.07, 6.45) is 7.03. The third-order valence-corrected chi connectivity index (χ3v) is 2.57. The molecule has 2 aromatic rings. The van der Waals surface area contributed by atoms with E-state index in [1.54, 1.807) is 24.2 Å². The second-order valence-electron chi connectivity index (χ2n) is 2.78. The molecule has 0 aromatic carbocycles. The van der Waals surface area contributed by atoms with E-state index in [1.807, 2.05) is 17.1 Å². The highest BCUT2D eigenvalue weighted by Gasteiger charge is 1.97. The summed E-state index contributed by atoms with van der Waals surface area (Å²) in [5, 5.41) is 5.02. The van der Waals surface area contributed by atoms with Crippen LogP contribution in [0.1, 0.15) is 0 Å². The van der Waals surface area contributed by atoms with Crippen LogP contribution in [-0.2, 0) is 6.54 Å². The van der Waals surface area contributed by atoms with Crippen LogP contribution >= 0.6 is 11.8 Å². The summed E-state index contributed by atoms with van der Waals surface area (Å²) in [7, 11) is 0. The number of nitrogens with two attached hydrogens (primary N) is 1. The minimum atomic E-state index is 0.702. The van der Waals surface area contributed by atoms with Crippen molar-refractivity contribution in [3.63, 3.8) is 0 Å². The smallest absolute Gasteiger partial charge is 0.165 e. The summed E-state index contributed by atoms with van der Waals surface area (Å²) in [4.78, 5) is 7.13. The van der Waals surface area contributed by atoms with Gasteiger partial charge in [0.1, 0.15) is 0 Å². The van der Waals surface area contributed by atoms with Crippen LogP contribution in [-0.4, -0.2) is 25.5 Å². The Hall–Kier alpha value is -1.43. The lowest BCUT2D eigenvalue weighted by atomic mass is 10.6. The molecule has 0 aliphatic carbocycles. The summed E-state index contributed by atoms with van der Waals surface area (Å²) >= 11 is 1.66. The van der Waals surface area contributed by atoms with Crippen molar-refractivity contribution in [1.29, 1.82) is 0 Å². The lowest BCUT2D eigenvalue weighted by Gasteiger charge is -1.98. The maximum Gasteiger partial charge on any atom is 0.165 e. The molecule has 0 bridgehead atoms. The predicted octanol–water partition coefficient (Wildman–Crippen LogP) is 0.981. The van der Waals surface area contributed by atoms with Gasteiger partial charge in [0.2, 0.25) is 0 Å². The third-order valence-electron chi connectivity index (χ3n) is 1.69. The van der Waals surface area contributed by atoms with E-state index in [0.717, 1.165) is 17.5 Å². The number of aryl methyl sites for hydroxylation is 1. The van der Waals surface area contributed by atoms with Crippen LogP contribution in [0.2, 0.25) is 0 Å². The van der Waals surface area contributed by atoms with E-state index in [9.17, 15) is 0 Å². The second kappa shape index (κ2) is 4.19. The topological polar surface area (TPSA) is 72.5 Å². The molecular formula is C8H11N5S. The molecule has 5 nitrogen and oxygen atoms in total. The zero-order valence-corrected chi connectivity index (χ0v) is 8.37. The van der Waals surface area contributed by atoms with Gasteiger partial charge >= 0.3 is 0 Å². The molecule has 0 aliphatic rings. The Bertz CT molecular complexity index is 380. The molecule has 74 valence electrons. The minimum absolute atomic E-state index is 0.702. The summed E-state index contributed by atoms with van der Waals surface area (Å²) in [6.45, 7) is 0.836. The molecule has 0 amide bonds. The lowest BCUT2D eigenvalue weighted by molar-refractivity contribution is 0.666. The van der Waals surface area contributed by atoms with E-state index in [0.29, 0.717) is 5.69 Å². The number of hydrogen-bond donors (Lipinski definition) is 2. The SMILES string of the molecule is Nc1cnn(CCSc2ncc[nH]2)c1. The number of aromatic amines is 1. The molecular weight excluding hydrogens is 198 g/mol. The van der Waals surface area contributed by atoms with Gasteiger partial charge in [-0.1, -0.05) is 11.8 Å². The van der Waals surface area contributed by atoms with E-state index in [2.05, 4.69) is 15.1 Å². The standard InChI is InChI=1S/C8H11N5S/c9-7-5-12-13(6-7)3-4-14-8-10-1-2-11-8/h1-2,5-6H,3-4,9H2,(H,10,11). The van der Waals surface area contributed by atoms with E-state index >= 15 is 0 Å². The van der Waals surface area contributed by atoms with Crippen LogP contribution in [0.5, 0.6) is 0 Å². The number of aromatic nitrogens is 4. The molecule has 2 rings (SSSR count). The van der Waals surface area contributed by atoms with Crippen LogP contribution in [0.3, 0.4) is 0 Å².